The Hall–Kier alpha value is -1.11. The smallest absolute Gasteiger partial charge is 0.240 e. The van der Waals surface area contributed by atoms with Crippen LogP contribution in [-0.4, -0.2) is 32.3 Å². The van der Waals surface area contributed by atoms with E-state index in [0.29, 0.717) is 19.4 Å². The maximum absolute atomic E-state index is 12.4. The predicted octanol–water partition coefficient (Wildman–Crippen LogP) is 2.29. The zero-order valence-electron chi connectivity index (χ0n) is 13.5. The van der Waals surface area contributed by atoms with Gasteiger partial charge in [-0.2, -0.15) is 0 Å². The summed E-state index contributed by atoms with van der Waals surface area (Å²) >= 11 is 0. The summed E-state index contributed by atoms with van der Waals surface area (Å²) in [5.74, 6) is 0.732. The van der Waals surface area contributed by atoms with E-state index in [2.05, 4.69) is 4.72 Å². The van der Waals surface area contributed by atoms with Gasteiger partial charge in [0.25, 0.3) is 0 Å². The maximum atomic E-state index is 12.4. The van der Waals surface area contributed by atoms with E-state index in [-0.39, 0.29) is 11.4 Å². The quantitative estimate of drug-likeness (QED) is 0.840. The van der Waals surface area contributed by atoms with Crippen molar-refractivity contribution in [3.05, 3.63) is 23.3 Å². The second-order valence-electron chi connectivity index (χ2n) is 6.08. The third kappa shape index (κ3) is 3.80. The van der Waals surface area contributed by atoms with Gasteiger partial charge in [0, 0.05) is 6.54 Å². The van der Waals surface area contributed by atoms with Crippen LogP contribution in [-0.2, 0) is 10.0 Å². The largest absolute Gasteiger partial charge is 0.493 e. The van der Waals surface area contributed by atoms with Crippen molar-refractivity contribution in [3.8, 4) is 5.75 Å². The van der Waals surface area contributed by atoms with Crippen LogP contribution < -0.4 is 9.46 Å². The number of ether oxygens (including phenoxy) is 1. The fourth-order valence-corrected chi connectivity index (χ4v) is 4.25. The third-order valence-electron chi connectivity index (χ3n) is 4.16. The molecule has 1 aromatic rings. The second-order valence-corrected chi connectivity index (χ2v) is 7.84. The summed E-state index contributed by atoms with van der Waals surface area (Å²) in [6.45, 7) is 6.18. The molecule has 0 aliphatic heterocycles. The molecule has 0 unspecified atom stereocenters. The summed E-state index contributed by atoms with van der Waals surface area (Å²) in [6, 6.07) is 3.22. The molecule has 2 N–H and O–H groups in total. The average Bonchev–Trinajstić information content (AvgIpc) is 2.88. The van der Waals surface area contributed by atoms with E-state index in [1.807, 2.05) is 20.8 Å². The minimum Gasteiger partial charge on any atom is -0.493 e. The molecule has 6 heteroatoms. The number of sulfonamides is 1. The molecule has 0 heterocycles. The first-order valence-electron chi connectivity index (χ1n) is 7.73. The lowest BCUT2D eigenvalue weighted by atomic mass is 10.0. The van der Waals surface area contributed by atoms with E-state index < -0.39 is 15.6 Å². The van der Waals surface area contributed by atoms with Gasteiger partial charge in [0.1, 0.15) is 5.75 Å². The predicted molar refractivity (Wildman–Crippen MR) is 85.7 cm³/mol. The Bertz CT molecular complexity index is 611. The highest BCUT2D eigenvalue weighted by Gasteiger charge is 2.32. The lowest BCUT2D eigenvalue weighted by molar-refractivity contribution is 0.0532. The molecule has 0 amide bonds. The molecule has 1 aliphatic rings. The number of aryl methyl sites for hydroxylation is 2. The first kappa shape index (κ1) is 17.2. The topological polar surface area (TPSA) is 75.6 Å². The Labute approximate surface area is 132 Å². The summed E-state index contributed by atoms with van der Waals surface area (Å²) < 4.78 is 33.0. The van der Waals surface area contributed by atoms with Gasteiger partial charge < -0.3 is 9.84 Å². The van der Waals surface area contributed by atoms with Crippen LogP contribution in [0.2, 0.25) is 0 Å². The monoisotopic (exact) mass is 327 g/mol. The number of hydrogen-bond acceptors (Lipinski definition) is 4. The molecule has 1 saturated carbocycles. The van der Waals surface area contributed by atoms with Gasteiger partial charge in [-0.3, -0.25) is 0 Å². The molecule has 2 rings (SSSR count). The van der Waals surface area contributed by atoms with Gasteiger partial charge in [0.05, 0.1) is 17.1 Å². The molecular weight excluding hydrogens is 302 g/mol. The Morgan fingerprint density at radius 2 is 1.77 bits per heavy atom. The van der Waals surface area contributed by atoms with E-state index in [1.165, 1.54) is 0 Å². The molecule has 0 bridgehead atoms. The van der Waals surface area contributed by atoms with E-state index in [1.54, 1.807) is 12.1 Å². The molecule has 5 nitrogen and oxygen atoms in total. The lowest BCUT2D eigenvalue weighted by Gasteiger charge is -2.22. The SMILES string of the molecule is CCOc1c(C)cc(S(=O)(=O)NCC2(O)CCCC2)cc1C. The zero-order chi connectivity index (χ0) is 16.4. The van der Waals surface area contributed by atoms with Crippen molar-refractivity contribution in [1.82, 2.24) is 4.72 Å². The Balaban J connectivity index is 2.19. The van der Waals surface area contributed by atoms with Crippen LogP contribution in [0.1, 0.15) is 43.7 Å². The number of benzene rings is 1. The number of nitrogens with one attached hydrogen (secondary N) is 1. The van der Waals surface area contributed by atoms with Crippen molar-refractivity contribution in [2.75, 3.05) is 13.2 Å². The van der Waals surface area contributed by atoms with Crippen LogP contribution in [0.5, 0.6) is 5.75 Å². The van der Waals surface area contributed by atoms with Crippen LogP contribution in [0.4, 0.5) is 0 Å². The second kappa shape index (κ2) is 6.56. The van der Waals surface area contributed by atoms with Crippen LogP contribution in [0.25, 0.3) is 0 Å². The number of hydrogen-bond donors (Lipinski definition) is 2. The molecule has 1 fully saturated rings. The zero-order valence-corrected chi connectivity index (χ0v) is 14.3. The summed E-state index contributed by atoms with van der Waals surface area (Å²) in [5, 5.41) is 10.3. The maximum Gasteiger partial charge on any atom is 0.240 e. The Morgan fingerprint density at radius 3 is 2.27 bits per heavy atom. The van der Waals surface area contributed by atoms with Crippen molar-refractivity contribution in [2.45, 2.75) is 57.0 Å². The lowest BCUT2D eigenvalue weighted by Crippen LogP contribution is -2.40. The van der Waals surface area contributed by atoms with E-state index in [9.17, 15) is 13.5 Å². The van der Waals surface area contributed by atoms with Gasteiger partial charge in [-0.15, -0.1) is 0 Å². The van der Waals surface area contributed by atoms with Crippen LogP contribution >= 0.6 is 0 Å². The standard InChI is InChI=1S/C16H25NO4S/c1-4-21-15-12(2)9-14(10-13(15)3)22(19,20)17-11-16(18)7-5-6-8-16/h9-10,17-18H,4-8,11H2,1-3H3. The van der Waals surface area contributed by atoms with E-state index in [4.69, 9.17) is 4.74 Å². The van der Waals surface area contributed by atoms with Crippen LogP contribution in [0, 0.1) is 13.8 Å². The van der Waals surface area contributed by atoms with Gasteiger partial charge in [0.2, 0.25) is 10.0 Å². The van der Waals surface area contributed by atoms with Crippen molar-refractivity contribution < 1.29 is 18.3 Å². The number of rotatable bonds is 6. The highest BCUT2D eigenvalue weighted by atomic mass is 32.2. The molecule has 124 valence electrons. The Kier molecular flexibility index (Phi) is 5.14. The number of aliphatic hydroxyl groups is 1. The van der Waals surface area contributed by atoms with Crippen molar-refractivity contribution >= 4 is 10.0 Å². The summed E-state index contributed by atoms with van der Waals surface area (Å²) in [5.41, 5.74) is 0.686. The van der Waals surface area contributed by atoms with E-state index in [0.717, 1.165) is 29.7 Å². The molecule has 0 radical (unpaired) electrons. The average molecular weight is 327 g/mol. The first-order valence-corrected chi connectivity index (χ1v) is 9.22. The molecular formula is C16H25NO4S. The van der Waals surface area contributed by atoms with Gasteiger partial charge in [-0.25, -0.2) is 13.1 Å². The van der Waals surface area contributed by atoms with Crippen LogP contribution in [0.3, 0.4) is 0 Å². The van der Waals surface area contributed by atoms with Gasteiger partial charge in [-0.05, 0) is 56.9 Å². The fourth-order valence-electron chi connectivity index (χ4n) is 2.96. The van der Waals surface area contributed by atoms with Gasteiger partial charge in [0.15, 0.2) is 0 Å². The molecule has 1 aliphatic carbocycles. The molecule has 0 atom stereocenters. The minimum absolute atomic E-state index is 0.0701. The summed E-state index contributed by atoms with van der Waals surface area (Å²) in [6.07, 6.45) is 3.19. The Morgan fingerprint density at radius 1 is 1.23 bits per heavy atom. The normalized spacial score (nSPS) is 17.6. The molecule has 22 heavy (non-hydrogen) atoms. The van der Waals surface area contributed by atoms with Crippen molar-refractivity contribution in [3.63, 3.8) is 0 Å². The highest BCUT2D eigenvalue weighted by molar-refractivity contribution is 7.89. The van der Waals surface area contributed by atoms with Gasteiger partial charge in [-0.1, -0.05) is 12.8 Å². The van der Waals surface area contributed by atoms with Gasteiger partial charge >= 0.3 is 0 Å². The van der Waals surface area contributed by atoms with Crippen molar-refractivity contribution in [1.29, 1.82) is 0 Å². The van der Waals surface area contributed by atoms with Crippen LogP contribution in [0.15, 0.2) is 17.0 Å². The summed E-state index contributed by atoms with van der Waals surface area (Å²) in [4.78, 5) is 0.215. The molecule has 0 saturated heterocycles. The van der Waals surface area contributed by atoms with E-state index >= 15 is 0 Å². The van der Waals surface area contributed by atoms with Crippen molar-refractivity contribution in [2.24, 2.45) is 0 Å². The molecule has 0 aromatic heterocycles. The minimum atomic E-state index is -3.63. The fraction of sp³-hybridized carbons (Fsp3) is 0.625. The molecule has 0 spiro atoms. The third-order valence-corrected chi connectivity index (χ3v) is 5.54. The highest BCUT2D eigenvalue weighted by Crippen LogP contribution is 2.30. The first-order chi connectivity index (χ1) is 10.3. The molecule has 1 aromatic carbocycles. The summed E-state index contributed by atoms with van der Waals surface area (Å²) in [7, 11) is -3.63.